The first kappa shape index (κ1) is 13.4. The van der Waals surface area contributed by atoms with Crippen LogP contribution in [0.4, 0.5) is 18.9 Å². The van der Waals surface area contributed by atoms with E-state index in [0.717, 1.165) is 17.9 Å². The summed E-state index contributed by atoms with van der Waals surface area (Å²) in [7, 11) is 0. The van der Waals surface area contributed by atoms with E-state index in [4.69, 9.17) is 0 Å². The Morgan fingerprint density at radius 1 is 1.00 bits per heavy atom. The quantitative estimate of drug-likeness (QED) is 0.840. The maximum Gasteiger partial charge on any atom is 0.416 e. The summed E-state index contributed by atoms with van der Waals surface area (Å²) in [4.78, 5) is 1.23. The molecule has 1 aliphatic rings. The third-order valence-corrected chi connectivity index (χ3v) is 4.44. The van der Waals surface area contributed by atoms with E-state index in [-0.39, 0.29) is 6.04 Å². The van der Waals surface area contributed by atoms with Crippen molar-refractivity contribution in [3.05, 3.63) is 59.7 Å². The van der Waals surface area contributed by atoms with Gasteiger partial charge in [0.15, 0.2) is 0 Å². The number of rotatable bonds is 2. The number of fused-ring (bicyclic) bond motifs is 1. The van der Waals surface area contributed by atoms with Crippen molar-refractivity contribution in [1.29, 1.82) is 0 Å². The molecule has 2 aromatic carbocycles. The average Bonchev–Trinajstić information content (AvgIpc) is 2.82. The van der Waals surface area contributed by atoms with Crippen molar-refractivity contribution in [2.75, 3.05) is 11.1 Å². The average molecular weight is 295 g/mol. The van der Waals surface area contributed by atoms with Gasteiger partial charge in [-0.15, -0.1) is 11.8 Å². The van der Waals surface area contributed by atoms with E-state index >= 15 is 0 Å². The number of alkyl halides is 3. The summed E-state index contributed by atoms with van der Waals surface area (Å²) < 4.78 is 37.5. The van der Waals surface area contributed by atoms with E-state index in [2.05, 4.69) is 17.4 Å². The number of benzene rings is 2. The Kier molecular flexibility index (Phi) is 3.38. The molecule has 0 spiro atoms. The molecule has 0 radical (unpaired) electrons. The summed E-state index contributed by atoms with van der Waals surface area (Å²) in [6.07, 6.45) is -4.28. The highest BCUT2D eigenvalue weighted by Gasteiger charge is 2.30. The van der Waals surface area contributed by atoms with Crippen LogP contribution in [0, 0.1) is 0 Å². The minimum atomic E-state index is -4.28. The molecule has 1 N–H and O–H groups in total. The van der Waals surface area contributed by atoms with Crippen molar-refractivity contribution >= 4 is 17.4 Å². The van der Waals surface area contributed by atoms with Crippen LogP contribution < -0.4 is 5.32 Å². The van der Waals surface area contributed by atoms with Crippen LogP contribution in [-0.4, -0.2) is 5.75 Å². The fourth-order valence-corrected chi connectivity index (χ4v) is 3.40. The molecule has 0 saturated carbocycles. The molecule has 5 heteroatoms. The van der Waals surface area contributed by atoms with Gasteiger partial charge >= 0.3 is 6.18 Å². The molecule has 0 aliphatic carbocycles. The van der Waals surface area contributed by atoms with E-state index in [9.17, 15) is 13.2 Å². The van der Waals surface area contributed by atoms with Crippen LogP contribution in [0.5, 0.6) is 0 Å². The molecule has 104 valence electrons. The van der Waals surface area contributed by atoms with Crippen molar-refractivity contribution in [1.82, 2.24) is 0 Å². The van der Waals surface area contributed by atoms with Gasteiger partial charge in [0.25, 0.3) is 0 Å². The first-order chi connectivity index (χ1) is 9.54. The molecule has 1 atom stereocenters. The number of nitrogens with one attached hydrogen (secondary N) is 1. The smallest absolute Gasteiger partial charge is 0.377 e. The van der Waals surface area contributed by atoms with Gasteiger partial charge in [-0.05, 0) is 35.9 Å². The lowest BCUT2D eigenvalue weighted by molar-refractivity contribution is -0.137. The van der Waals surface area contributed by atoms with E-state index in [1.165, 1.54) is 22.6 Å². The molecule has 2 aromatic rings. The van der Waals surface area contributed by atoms with Gasteiger partial charge in [0, 0.05) is 16.3 Å². The predicted octanol–water partition coefficient (Wildman–Crippen LogP) is 4.96. The second kappa shape index (κ2) is 5.05. The Labute approximate surface area is 119 Å². The van der Waals surface area contributed by atoms with Crippen LogP contribution in [0.2, 0.25) is 0 Å². The fraction of sp³-hybridized carbons (Fsp3) is 0.200. The molecule has 1 unspecified atom stereocenters. The summed E-state index contributed by atoms with van der Waals surface area (Å²) >= 11 is 1.76. The minimum Gasteiger partial charge on any atom is -0.377 e. The first-order valence-electron chi connectivity index (χ1n) is 6.19. The lowest BCUT2D eigenvalue weighted by atomic mass is 10.1. The second-order valence-corrected chi connectivity index (χ2v) is 5.68. The fourth-order valence-electron chi connectivity index (χ4n) is 2.24. The van der Waals surface area contributed by atoms with Gasteiger partial charge in [-0.25, -0.2) is 0 Å². The van der Waals surface area contributed by atoms with Crippen LogP contribution >= 0.6 is 11.8 Å². The first-order valence-corrected chi connectivity index (χ1v) is 7.18. The summed E-state index contributed by atoms with van der Waals surface area (Å²) in [6.45, 7) is 0. The van der Waals surface area contributed by atoms with Crippen molar-refractivity contribution in [3.63, 3.8) is 0 Å². The zero-order valence-corrected chi connectivity index (χ0v) is 11.3. The number of hydrogen-bond donors (Lipinski definition) is 1. The standard InChI is InChI=1S/C15H12F3NS/c16-15(17,18)10-5-7-11(8-6-10)19-13-9-20-14-4-2-1-3-12(13)14/h1-8,13,19H,9H2. The molecule has 0 bridgehead atoms. The SMILES string of the molecule is FC(F)(F)c1ccc(NC2CSc3ccccc32)cc1. The molecule has 1 aliphatic heterocycles. The van der Waals surface area contributed by atoms with E-state index in [0.29, 0.717) is 5.69 Å². The van der Waals surface area contributed by atoms with Gasteiger partial charge in [-0.2, -0.15) is 13.2 Å². The molecule has 0 saturated heterocycles. The lowest BCUT2D eigenvalue weighted by Gasteiger charge is -2.15. The minimum absolute atomic E-state index is 0.146. The normalized spacial score (nSPS) is 17.9. The lowest BCUT2D eigenvalue weighted by Crippen LogP contribution is -2.10. The topological polar surface area (TPSA) is 12.0 Å². The van der Waals surface area contributed by atoms with Crippen molar-refractivity contribution in [2.24, 2.45) is 0 Å². The van der Waals surface area contributed by atoms with Crippen LogP contribution in [0.25, 0.3) is 0 Å². The van der Waals surface area contributed by atoms with Crippen molar-refractivity contribution < 1.29 is 13.2 Å². The van der Waals surface area contributed by atoms with Gasteiger partial charge in [0.2, 0.25) is 0 Å². The zero-order valence-electron chi connectivity index (χ0n) is 10.4. The van der Waals surface area contributed by atoms with E-state index in [1.54, 1.807) is 11.8 Å². The van der Waals surface area contributed by atoms with Gasteiger partial charge in [0.1, 0.15) is 0 Å². The third kappa shape index (κ3) is 2.63. The Morgan fingerprint density at radius 2 is 1.70 bits per heavy atom. The van der Waals surface area contributed by atoms with Gasteiger partial charge in [-0.1, -0.05) is 18.2 Å². The number of halogens is 3. The van der Waals surface area contributed by atoms with Gasteiger partial charge < -0.3 is 5.32 Å². The van der Waals surface area contributed by atoms with Crippen molar-refractivity contribution in [2.45, 2.75) is 17.1 Å². The van der Waals surface area contributed by atoms with Crippen LogP contribution in [0.1, 0.15) is 17.2 Å². The number of thioether (sulfide) groups is 1. The highest BCUT2D eigenvalue weighted by molar-refractivity contribution is 7.99. The molecular formula is C15H12F3NS. The molecule has 20 heavy (non-hydrogen) atoms. The number of anilines is 1. The molecule has 1 nitrogen and oxygen atoms in total. The highest BCUT2D eigenvalue weighted by Crippen LogP contribution is 2.39. The molecule has 0 aromatic heterocycles. The summed E-state index contributed by atoms with van der Waals surface area (Å²) in [5.41, 5.74) is 1.29. The third-order valence-electron chi connectivity index (χ3n) is 3.25. The summed E-state index contributed by atoms with van der Waals surface area (Å²) in [5, 5.41) is 3.29. The van der Waals surface area contributed by atoms with E-state index < -0.39 is 11.7 Å². The zero-order chi connectivity index (χ0) is 14.2. The Morgan fingerprint density at radius 3 is 2.40 bits per heavy atom. The van der Waals surface area contributed by atoms with E-state index in [1.807, 2.05) is 12.1 Å². The van der Waals surface area contributed by atoms with Crippen molar-refractivity contribution in [3.8, 4) is 0 Å². The molecule has 1 heterocycles. The molecular weight excluding hydrogens is 283 g/mol. The second-order valence-electron chi connectivity index (χ2n) is 4.62. The summed E-state index contributed by atoms with van der Waals surface area (Å²) in [6, 6.07) is 13.4. The number of hydrogen-bond acceptors (Lipinski definition) is 2. The Hall–Kier alpha value is -1.62. The van der Waals surface area contributed by atoms with Crippen LogP contribution in [0.3, 0.4) is 0 Å². The monoisotopic (exact) mass is 295 g/mol. The van der Waals surface area contributed by atoms with Crippen LogP contribution in [0.15, 0.2) is 53.4 Å². The van der Waals surface area contributed by atoms with Crippen LogP contribution in [-0.2, 0) is 6.18 Å². The van der Waals surface area contributed by atoms with Gasteiger partial charge in [-0.3, -0.25) is 0 Å². The Balaban J connectivity index is 1.76. The summed E-state index contributed by atoms with van der Waals surface area (Å²) in [5.74, 6) is 0.889. The molecule has 0 fully saturated rings. The highest BCUT2D eigenvalue weighted by atomic mass is 32.2. The molecule has 3 rings (SSSR count). The van der Waals surface area contributed by atoms with Gasteiger partial charge in [0.05, 0.1) is 11.6 Å². The predicted molar refractivity (Wildman–Crippen MR) is 75.0 cm³/mol. The Bertz CT molecular complexity index is 607. The maximum absolute atomic E-state index is 12.5. The molecule has 0 amide bonds. The largest absolute Gasteiger partial charge is 0.416 e. The maximum atomic E-state index is 12.5.